The minimum Gasteiger partial charge on any atom is -0.477 e. The fourth-order valence-electron chi connectivity index (χ4n) is 13.7. The molecule has 0 heterocycles. The number of hydrogen-bond acceptors (Lipinski definition) is 7. The van der Waals surface area contributed by atoms with Crippen LogP contribution in [-0.4, -0.2) is 87.4 Å². The Labute approximate surface area is 658 Å². The lowest BCUT2D eigenvalue weighted by Crippen LogP contribution is -2.40. The largest absolute Gasteiger partial charge is 0.477 e. The summed E-state index contributed by atoms with van der Waals surface area (Å²) in [7, 11) is 6.00. The van der Waals surface area contributed by atoms with Gasteiger partial charge in [-0.2, -0.15) is 0 Å². The molecular formula is C97H176NO8+. The summed E-state index contributed by atoms with van der Waals surface area (Å²) < 4.78 is 23.1. The Bertz CT molecular complexity index is 2080. The minimum absolute atomic E-state index is 0.179. The Hall–Kier alpha value is -3.79. The van der Waals surface area contributed by atoms with Crippen LogP contribution in [0.1, 0.15) is 444 Å². The quantitative estimate of drug-likeness (QED) is 0.0211. The summed E-state index contributed by atoms with van der Waals surface area (Å²) in [4.78, 5) is 37.8. The molecule has 0 saturated heterocycles. The standard InChI is InChI=1S/C97H175NO8/c1-6-8-10-12-14-16-18-20-22-24-26-28-30-32-34-36-38-40-42-44-46-48-50-52-54-56-58-60-62-64-66-68-70-72-74-76-78-80-82-84-86-88-95(100)106-93(92-105-97(96(101)102)103-90-89-98(3,4)5)91-104-94(99)87-85-83-81-79-77-75-73-71-69-67-65-63-61-59-57-55-53-51-49-47-45-43-41-39-37-35-33-31-29-27-25-23-21-19-17-15-13-11-9-7-2/h8,10,14,16,20,22,26,28,32,34,38,40,44,46,50,52,93,97H,6-7,9,11-13,15,17-19,21,23-25,27,29-31,33,35-37,39,41-43,45,47-49,51,53-92H2,1-5H3/p+1/b10-8-,16-14-,22-20-,28-26-,34-32-,40-38-,46-44-,52-50-. The van der Waals surface area contributed by atoms with Crippen molar-refractivity contribution in [3.8, 4) is 0 Å². The molecule has 0 bridgehead atoms. The number of aliphatic carboxylic acids is 1. The summed E-state index contributed by atoms with van der Waals surface area (Å²) in [5, 5.41) is 9.80. The third kappa shape index (κ3) is 87.4. The Morgan fingerprint density at radius 1 is 0.292 bits per heavy atom. The van der Waals surface area contributed by atoms with Gasteiger partial charge in [0, 0.05) is 12.8 Å². The van der Waals surface area contributed by atoms with Gasteiger partial charge < -0.3 is 28.5 Å². The first kappa shape index (κ1) is 102. The number of carbonyl (C=O) groups is 3. The van der Waals surface area contributed by atoms with Gasteiger partial charge in [0.05, 0.1) is 34.4 Å². The molecule has 0 fully saturated rings. The molecule has 2 atom stereocenters. The van der Waals surface area contributed by atoms with Gasteiger partial charge in [0.2, 0.25) is 0 Å². The van der Waals surface area contributed by atoms with Crippen LogP contribution in [0.15, 0.2) is 97.2 Å². The van der Waals surface area contributed by atoms with E-state index in [-0.39, 0.29) is 38.2 Å². The Morgan fingerprint density at radius 2 is 0.538 bits per heavy atom. The zero-order valence-corrected chi connectivity index (χ0v) is 70.8. The number of esters is 2. The number of carbonyl (C=O) groups excluding carboxylic acids is 2. The van der Waals surface area contributed by atoms with Gasteiger partial charge in [-0.25, -0.2) is 4.79 Å². The van der Waals surface area contributed by atoms with E-state index in [4.69, 9.17) is 18.9 Å². The third-order valence-corrected chi connectivity index (χ3v) is 20.6. The fraction of sp³-hybridized carbons (Fsp3) is 0.804. The Balaban J connectivity index is 3.93. The van der Waals surface area contributed by atoms with Crippen molar-refractivity contribution in [3.05, 3.63) is 97.2 Å². The molecule has 0 amide bonds. The molecule has 2 unspecified atom stereocenters. The van der Waals surface area contributed by atoms with Crippen LogP contribution in [0, 0.1) is 0 Å². The summed E-state index contributed by atoms with van der Waals surface area (Å²) in [6.07, 6.45) is 119. The maximum absolute atomic E-state index is 13.0. The molecule has 9 heteroatoms. The van der Waals surface area contributed by atoms with E-state index in [9.17, 15) is 19.5 Å². The van der Waals surface area contributed by atoms with Crippen LogP contribution < -0.4 is 0 Å². The van der Waals surface area contributed by atoms with Crippen molar-refractivity contribution < 1.29 is 42.9 Å². The van der Waals surface area contributed by atoms with Crippen LogP contribution in [0.2, 0.25) is 0 Å². The number of ether oxygens (including phenoxy) is 4. The summed E-state index contributed by atoms with van der Waals surface area (Å²) in [5.41, 5.74) is 0. The highest BCUT2D eigenvalue weighted by atomic mass is 16.7. The second-order valence-electron chi connectivity index (χ2n) is 32.2. The van der Waals surface area contributed by atoms with Gasteiger partial charge in [-0.3, -0.25) is 9.59 Å². The van der Waals surface area contributed by atoms with Gasteiger partial charge in [-0.1, -0.05) is 451 Å². The minimum atomic E-state index is -1.51. The van der Waals surface area contributed by atoms with Crippen LogP contribution in [-0.2, 0) is 33.3 Å². The monoisotopic (exact) mass is 1480 g/mol. The van der Waals surface area contributed by atoms with E-state index in [0.29, 0.717) is 17.4 Å². The predicted molar refractivity (Wildman–Crippen MR) is 461 cm³/mol. The van der Waals surface area contributed by atoms with Crippen LogP contribution in [0.5, 0.6) is 0 Å². The van der Waals surface area contributed by atoms with E-state index >= 15 is 0 Å². The molecule has 0 radical (unpaired) electrons. The number of hydrogen-bond donors (Lipinski definition) is 1. The van der Waals surface area contributed by atoms with Crippen LogP contribution in [0.3, 0.4) is 0 Å². The van der Waals surface area contributed by atoms with Gasteiger partial charge in [0.25, 0.3) is 6.29 Å². The van der Waals surface area contributed by atoms with Crippen LogP contribution in [0.4, 0.5) is 0 Å². The Kier molecular flexibility index (Phi) is 83.7. The zero-order valence-electron chi connectivity index (χ0n) is 70.8. The highest BCUT2D eigenvalue weighted by Crippen LogP contribution is 2.21. The van der Waals surface area contributed by atoms with Crippen molar-refractivity contribution in [2.24, 2.45) is 0 Å². The fourth-order valence-corrected chi connectivity index (χ4v) is 13.7. The smallest absolute Gasteiger partial charge is 0.361 e. The maximum atomic E-state index is 13.0. The first-order valence-electron chi connectivity index (χ1n) is 45.9. The van der Waals surface area contributed by atoms with Gasteiger partial charge in [0.15, 0.2) is 6.10 Å². The number of unbranched alkanes of at least 4 members (excludes halogenated alkanes) is 55. The number of likely N-dealkylation sites (N-methyl/N-ethyl adjacent to an activating group) is 1. The number of nitrogens with zero attached hydrogens (tertiary/aromatic N) is 1. The van der Waals surface area contributed by atoms with Crippen molar-refractivity contribution >= 4 is 17.9 Å². The molecule has 9 nitrogen and oxygen atoms in total. The molecule has 106 heavy (non-hydrogen) atoms. The van der Waals surface area contributed by atoms with Crippen molar-refractivity contribution in [2.75, 3.05) is 47.5 Å². The van der Waals surface area contributed by atoms with Gasteiger partial charge in [0.1, 0.15) is 13.2 Å². The highest BCUT2D eigenvalue weighted by molar-refractivity contribution is 5.71. The summed E-state index contributed by atoms with van der Waals surface area (Å²) in [6.45, 7) is 4.83. The number of rotatable bonds is 86. The first-order chi connectivity index (χ1) is 52.1. The SMILES string of the molecule is CC/C=C\C/C=C\C/C=C\C/C=C\C/C=C\C/C=C\C/C=C\C/C=C\CCCCCCCCCCCCCCCCCCC(=O)OC(COC(=O)CCCCCCCCCCCCCCCCCCCCCCCCCCCCCCCCCCCCCCCCCC)COC(OCC[N+](C)(C)C)C(=O)O. The van der Waals surface area contributed by atoms with Gasteiger partial charge in [-0.05, 0) is 77.0 Å². The summed E-state index contributed by atoms with van der Waals surface area (Å²) in [6, 6.07) is 0. The van der Waals surface area contributed by atoms with E-state index in [1.807, 2.05) is 21.1 Å². The van der Waals surface area contributed by atoms with Crippen LogP contribution >= 0.6 is 0 Å². The third-order valence-electron chi connectivity index (χ3n) is 20.6. The second kappa shape index (κ2) is 86.8. The van der Waals surface area contributed by atoms with Crippen molar-refractivity contribution in [1.82, 2.24) is 0 Å². The number of carboxylic acid groups (broad SMARTS) is 1. The van der Waals surface area contributed by atoms with Crippen LogP contribution in [0.25, 0.3) is 0 Å². The van der Waals surface area contributed by atoms with Crippen molar-refractivity contribution in [1.29, 1.82) is 0 Å². The molecule has 0 aliphatic carbocycles. The topological polar surface area (TPSA) is 108 Å². The molecule has 0 aromatic carbocycles. The second-order valence-corrected chi connectivity index (χ2v) is 32.2. The Morgan fingerprint density at radius 3 is 0.802 bits per heavy atom. The molecule has 0 aromatic rings. The first-order valence-corrected chi connectivity index (χ1v) is 45.9. The van der Waals surface area contributed by atoms with Gasteiger partial charge >= 0.3 is 17.9 Å². The maximum Gasteiger partial charge on any atom is 0.361 e. The van der Waals surface area contributed by atoms with E-state index in [2.05, 4.69) is 111 Å². The highest BCUT2D eigenvalue weighted by Gasteiger charge is 2.25. The lowest BCUT2D eigenvalue weighted by atomic mass is 10.0. The van der Waals surface area contributed by atoms with E-state index in [1.165, 1.54) is 327 Å². The normalized spacial score (nSPS) is 13.0. The van der Waals surface area contributed by atoms with E-state index in [0.717, 1.165) is 89.9 Å². The van der Waals surface area contributed by atoms with E-state index < -0.39 is 18.4 Å². The number of quaternary nitrogens is 1. The molecule has 0 rings (SSSR count). The molecule has 1 N–H and O–H groups in total. The molecular weight excluding hydrogens is 1310 g/mol. The van der Waals surface area contributed by atoms with E-state index in [1.54, 1.807) is 0 Å². The summed E-state index contributed by atoms with van der Waals surface area (Å²) in [5.74, 6) is -1.98. The average molecular weight is 1480 g/mol. The lowest BCUT2D eigenvalue weighted by molar-refractivity contribution is -0.870. The van der Waals surface area contributed by atoms with Gasteiger partial charge in [-0.15, -0.1) is 0 Å². The number of carboxylic acids is 1. The number of allylic oxidation sites excluding steroid dienone is 16. The van der Waals surface area contributed by atoms with Crippen molar-refractivity contribution in [3.63, 3.8) is 0 Å². The summed E-state index contributed by atoms with van der Waals surface area (Å²) >= 11 is 0. The zero-order chi connectivity index (χ0) is 76.7. The van der Waals surface area contributed by atoms with Crippen molar-refractivity contribution in [2.45, 2.75) is 456 Å². The average Bonchev–Trinajstić information content (AvgIpc) is 0.935. The molecule has 0 aliphatic heterocycles. The predicted octanol–water partition coefficient (Wildman–Crippen LogP) is 30.2. The molecule has 0 aliphatic rings. The lowest BCUT2D eigenvalue weighted by Gasteiger charge is -2.25. The molecule has 616 valence electrons. The molecule has 0 spiro atoms. The molecule has 0 saturated carbocycles. The molecule has 0 aromatic heterocycles.